The van der Waals surface area contributed by atoms with Crippen LogP contribution >= 0.6 is 23.1 Å². The minimum atomic E-state index is 0.313. The van der Waals surface area contributed by atoms with Gasteiger partial charge in [-0.3, -0.25) is 0 Å². The number of para-hydroxylation sites is 1. The molecule has 2 aromatic heterocycles. The Bertz CT molecular complexity index is 802. The molecular weight excluding hydrogens is 334 g/mol. The molecule has 3 N–H and O–H groups in total. The van der Waals surface area contributed by atoms with E-state index in [9.17, 15) is 0 Å². The highest BCUT2D eigenvalue weighted by Crippen LogP contribution is 2.39. The summed E-state index contributed by atoms with van der Waals surface area (Å²) in [5.74, 6) is 2.35. The van der Waals surface area contributed by atoms with Crippen LogP contribution in [0.25, 0.3) is 10.6 Å². The number of nitrogen functional groups attached to an aromatic ring is 1. The Morgan fingerprint density at radius 2 is 2.13 bits per heavy atom. The second-order valence-corrected chi connectivity index (χ2v) is 6.28. The van der Waals surface area contributed by atoms with E-state index >= 15 is 0 Å². The molecule has 0 aliphatic rings. The number of benzene rings is 1. The van der Waals surface area contributed by atoms with Crippen molar-refractivity contribution in [3.05, 3.63) is 29.3 Å². The van der Waals surface area contributed by atoms with Crippen LogP contribution < -0.4 is 15.2 Å². The SMILES string of the molecule is COc1cccc(-c2nc(CSc3n[nH]c(N)n3)cs2)c1OC. The van der Waals surface area contributed by atoms with Crippen molar-refractivity contribution in [2.45, 2.75) is 10.9 Å². The molecule has 120 valence electrons. The van der Waals surface area contributed by atoms with Crippen molar-refractivity contribution >= 4 is 29.0 Å². The number of thiazole rings is 1. The molecule has 0 aliphatic carbocycles. The maximum Gasteiger partial charge on any atom is 0.216 e. The number of aromatic amines is 1. The van der Waals surface area contributed by atoms with E-state index in [-0.39, 0.29) is 0 Å². The van der Waals surface area contributed by atoms with E-state index in [0.717, 1.165) is 16.3 Å². The lowest BCUT2D eigenvalue weighted by molar-refractivity contribution is 0.356. The van der Waals surface area contributed by atoms with E-state index in [4.69, 9.17) is 15.2 Å². The summed E-state index contributed by atoms with van der Waals surface area (Å²) >= 11 is 3.03. The summed E-state index contributed by atoms with van der Waals surface area (Å²) in [7, 11) is 3.24. The number of rotatable bonds is 6. The number of ether oxygens (including phenoxy) is 2. The van der Waals surface area contributed by atoms with Crippen LogP contribution in [0.2, 0.25) is 0 Å². The maximum atomic E-state index is 5.51. The van der Waals surface area contributed by atoms with Gasteiger partial charge < -0.3 is 15.2 Å². The van der Waals surface area contributed by atoms with Gasteiger partial charge in [-0.2, -0.15) is 4.98 Å². The number of nitrogens with one attached hydrogen (secondary N) is 1. The number of anilines is 1. The Labute approximate surface area is 141 Å². The number of methoxy groups -OCH3 is 2. The Morgan fingerprint density at radius 3 is 2.83 bits per heavy atom. The highest BCUT2D eigenvalue weighted by molar-refractivity contribution is 7.98. The predicted molar refractivity (Wildman–Crippen MR) is 91.0 cm³/mol. The van der Waals surface area contributed by atoms with Crippen molar-refractivity contribution in [2.75, 3.05) is 20.0 Å². The average Bonchev–Trinajstić information content (AvgIpc) is 3.20. The molecule has 0 aliphatic heterocycles. The fraction of sp³-hybridized carbons (Fsp3) is 0.214. The molecule has 3 rings (SSSR count). The third-order valence-corrected chi connectivity index (χ3v) is 4.82. The first kappa shape index (κ1) is 15.6. The van der Waals surface area contributed by atoms with Gasteiger partial charge >= 0.3 is 0 Å². The monoisotopic (exact) mass is 349 g/mol. The lowest BCUT2D eigenvalue weighted by Gasteiger charge is -2.10. The first-order valence-corrected chi connectivity index (χ1v) is 8.54. The van der Waals surface area contributed by atoms with Crippen LogP contribution in [-0.4, -0.2) is 34.4 Å². The molecule has 0 saturated carbocycles. The zero-order chi connectivity index (χ0) is 16.2. The van der Waals surface area contributed by atoms with E-state index in [0.29, 0.717) is 28.4 Å². The number of nitrogens with two attached hydrogens (primary N) is 1. The zero-order valence-corrected chi connectivity index (χ0v) is 14.2. The molecule has 7 nitrogen and oxygen atoms in total. The fourth-order valence-electron chi connectivity index (χ4n) is 2.01. The van der Waals surface area contributed by atoms with E-state index in [2.05, 4.69) is 20.2 Å². The van der Waals surface area contributed by atoms with Gasteiger partial charge in [-0.1, -0.05) is 17.8 Å². The largest absolute Gasteiger partial charge is 0.493 e. The third kappa shape index (κ3) is 3.40. The number of nitrogens with zero attached hydrogens (tertiary/aromatic N) is 3. The molecule has 0 amide bonds. The standard InChI is InChI=1S/C14H15N5O2S2/c1-20-10-5-3-4-9(11(10)21-2)12-16-8(6-22-12)7-23-14-17-13(15)18-19-14/h3-6H,7H2,1-2H3,(H3,15,17,18,19). The average molecular weight is 349 g/mol. The van der Waals surface area contributed by atoms with Crippen molar-refractivity contribution in [3.63, 3.8) is 0 Å². The second kappa shape index (κ2) is 6.88. The molecule has 0 bridgehead atoms. The summed E-state index contributed by atoms with van der Waals surface area (Å²) < 4.78 is 10.8. The minimum Gasteiger partial charge on any atom is -0.493 e. The van der Waals surface area contributed by atoms with Crippen molar-refractivity contribution in [2.24, 2.45) is 0 Å². The molecular formula is C14H15N5O2S2. The zero-order valence-electron chi connectivity index (χ0n) is 12.6. The highest BCUT2D eigenvalue weighted by Gasteiger charge is 2.15. The molecule has 0 unspecified atom stereocenters. The van der Waals surface area contributed by atoms with Gasteiger partial charge in [-0.15, -0.1) is 16.4 Å². The lowest BCUT2D eigenvalue weighted by Crippen LogP contribution is -1.93. The highest BCUT2D eigenvalue weighted by atomic mass is 32.2. The van der Waals surface area contributed by atoms with Crippen LogP contribution in [0.3, 0.4) is 0 Å². The molecule has 23 heavy (non-hydrogen) atoms. The quantitative estimate of drug-likeness (QED) is 0.660. The molecule has 1 aromatic carbocycles. The number of thioether (sulfide) groups is 1. The van der Waals surface area contributed by atoms with Crippen LogP contribution in [0.5, 0.6) is 11.5 Å². The van der Waals surface area contributed by atoms with Crippen LogP contribution in [-0.2, 0) is 5.75 Å². The van der Waals surface area contributed by atoms with Crippen LogP contribution in [0, 0.1) is 0 Å². The molecule has 2 heterocycles. The molecule has 0 radical (unpaired) electrons. The van der Waals surface area contributed by atoms with E-state index in [1.165, 1.54) is 11.8 Å². The van der Waals surface area contributed by atoms with Crippen LogP contribution in [0.15, 0.2) is 28.7 Å². The molecule has 0 spiro atoms. The molecule has 3 aromatic rings. The van der Waals surface area contributed by atoms with Gasteiger partial charge in [0.2, 0.25) is 11.1 Å². The second-order valence-electron chi connectivity index (χ2n) is 4.48. The van der Waals surface area contributed by atoms with Crippen LogP contribution in [0.4, 0.5) is 5.95 Å². The van der Waals surface area contributed by atoms with Gasteiger partial charge in [-0.25, -0.2) is 10.1 Å². The van der Waals surface area contributed by atoms with E-state index < -0.39 is 0 Å². The number of H-pyrrole nitrogens is 1. The minimum absolute atomic E-state index is 0.313. The molecule has 0 saturated heterocycles. The van der Waals surface area contributed by atoms with Crippen molar-refractivity contribution in [1.82, 2.24) is 20.2 Å². The molecule has 0 fully saturated rings. The van der Waals surface area contributed by atoms with Crippen molar-refractivity contribution in [3.8, 4) is 22.1 Å². The Hall–Kier alpha value is -2.26. The Morgan fingerprint density at radius 1 is 1.26 bits per heavy atom. The Kier molecular flexibility index (Phi) is 4.68. The van der Waals surface area contributed by atoms with Gasteiger partial charge in [0, 0.05) is 11.1 Å². The van der Waals surface area contributed by atoms with Crippen LogP contribution in [0.1, 0.15) is 5.69 Å². The summed E-state index contributed by atoms with van der Waals surface area (Å²) in [5.41, 5.74) is 7.36. The molecule has 9 heteroatoms. The summed E-state index contributed by atoms with van der Waals surface area (Å²) in [6, 6.07) is 5.75. The summed E-state index contributed by atoms with van der Waals surface area (Å²) in [6.07, 6.45) is 0. The third-order valence-electron chi connectivity index (χ3n) is 3.02. The first-order valence-electron chi connectivity index (χ1n) is 6.67. The number of hydrogen-bond donors (Lipinski definition) is 2. The van der Waals surface area contributed by atoms with E-state index in [1.54, 1.807) is 25.6 Å². The maximum absolute atomic E-state index is 5.51. The fourth-order valence-corrected chi connectivity index (χ4v) is 3.66. The van der Waals surface area contributed by atoms with Gasteiger partial charge in [0.1, 0.15) is 5.01 Å². The Balaban J connectivity index is 1.79. The van der Waals surface area contributed by atoms with Gasteiger partial charge in [0.15, 0.2) is 11.5 Å². The van der Waals surface area contributed by atoms with Gasteiger partial charge in [0.05, 0.1) is 25.5 Å². The first-order chi connectivity index (χ1) is 11.2. The van der Waals surface area contributed by atoms with E-state index in [1.807, 2.05) is 23.6 Å². The summed E-state index contributed by atoms with van der Waals surface area (Å²) in [5, 5.41) is 10.1. The normalized spacial score (nSPS) is 10.7. The lowest BCUT2D eigenvalue weighted by atomic mass is 10.2. The molecule has 0 atom stereocenters. The summed E-state index contributed by atoms with van der Waals surface area (Å²) in [6.45, 7) is 0. The van der Waals surface area contributed by atoms with Crippen molar-refractivity contribution < 1.29 is 9.47 Å². The van der Waals surface area contributed by atoms with Gasteiger partial charge in [-0.05, 0) is 12.1 Å². The number of hydrogen-bond acceptors (Lipinski definition) is 8. The summed E-state index contributed by atoms with van der Waals surface area (Å²) in [4.78, 5) is 8.71. The van der Waals surface area contributed by atoms with Crippen molar-refractivity contribution in [1.29, 1.82) is 0 Å². The number of aromatic nitrogens is 4. The van der Waals surface area contributed by atoms with Gasteiger partial charge in [0.25, 0.3) is 0 Å². The topological polar surface area (TPSA) is 98.9 Å². The smallest absolute Gasteiger partial charge is 0.216 e. The predicted octanol–water partition coefficient (Wildman–Crippen LogP) is 2.82.